The van der Waals surface area contributed by atoms with Crippen molar-refractivity contribution >= 4 is 0 Å². The standard InChI is InChI=1S/C15H25N3O/c1-5-9-16-11(2)13-10-17-14(18-12(13)3)15(19-4)7-6-8-15/h10-11,16H,5-9H2,1-4H3. The molecule has 0 amide bonds. The lowest BCUT2D eigenvalue weighted by atomic mass is 9.79. The minimum Gasteiger partial charge on any atom is -0.370 e. The summed E-state index contributed by atoms with van der Waals surface area (Å²) in [4.78, 5) is 9.25. The lowest BCUT2D eigenvalue weighted by molar-refractivity contribution is -0.0848. The van der Waals surface area contributed by atoms with Gasteiger partial charge in [-0.1, -0.05) is 6.92 Å². The van der Waals surface area contributed by atoms with Crippen LogP contribution in [-0.4, -0.2) is 23.6 Å². The molecule has 0 saturated heterocycles. The van der Waals surface area contributed by atoms with Crippen LogP contribution in [0.5, 0.6) is 0 Å². The molecule has 4 nitrogen and oxygen atoms in total. The Morgan fingerprint density at radius 3 is 2.68 bits per heavy atom. The maximum Gasteiger partial charge on any atom is 0.160 e. The molecular formula is C15H25N3O. The third kappa shape index (κ3) is 2.79. The highest BCUT2D eigenvalue weighted by atomic mass is 16.5. The summed E-state index contributed by atoms with van der Waals surface area (Å²) >= 11 is 0. The number of methoxy groups -OCH3 is 1. The van der Waals surface area contributed by atoms with Crippen molar-refractivity contribution in [2.45, 2.75) is 58.1 Å². The topological polar surface area (TPSA) is 47.0 Å². The van der Waals surface area contributed by atoms with Crippen LogP contribution in [0.1, 0.15) is 62.7 Å². The Labute approximate surface area is 116 Å². The molecular weight excluding hydrogens is 238 g/mol. The maximum absolute atomic E-state index is 5.64. The highest BCUT2D eigenvalue weighted by molar-refractivity contribution is 5.22. The largest absolute Gasteiger partial charge is 0.370 e. The van der Waals surface area contributed by atoms with Crippen LogP contribution >= 0.6 is 0 Å². The van der Waals surface area contributed by atoms with Crippen LogP contribution in [0.15, 0.2) is 6.20 Å². The average molecular weight is 263 g/mol. The van der Waals surface area contributed by atoms with E-state index in [4.69, 9.17) is 9.72 Å². The summed E-state index contributed by atoms with van der Waals surface area (Å²) in [6, 6.07) is 0.300. The third-order valence-electron chi connectivity index (χ3n) is 4.14. The highest BCUT2D eigenvalue weighted by Gasteiger charge is 2.41. The summed E-state index contributed by atoms with van der Waals surface area (Å²) in [6.07, 6.45) is 6.36. The second-order valence-corrected chi connectivity index (χ2v) is 5.46. The molecule has 1 unspecified atom stereocenters. The van der Waals surface area contributed by atoms with Crippen LogP contribution in [-0.2, 0) is 10.3 Å². The number of nitrogens with zero attached hydrogens (tertiary/aromatic N) is 2. The normalized spacial score (nSPS) is 18.9. The van der Waals surface area contributed by atoms with E-state index >= 15 is 0 Å². The molecule has 1 aromatic heterocycles. The Hall–Kier alpha value is -1.00. The van der Waals surface area contributed by atoms with Crippen molar-refractivity contribution in [3.63, 3.8) is 0 Å². The van der Waals surface area contributed by atoms with Gasteiger partial charge in [0.05, 0.1) is 0 Å². The van der Waals surface area contributed by atoms with Gasteiger partial charge in [0.25, 0.3) is 0 Å². The van der Waals surface area contributed by atoms with E-state index in [2.05, 4.69) is 31.1 Å². The summed E-state index contributed by atoms with van der Waals surface area (Å²) in [5.41, 5.74) is 2.02. The van der Waals surface area contributed by atoms with Crippen LogP contribution < -0.4 is 5.32 Å². The first kappa shape index (κ1) is 14.4. The molecule has 19 heavy (non-hydrogen) atoms. The molecule has 1 aromatic rings. The first-order valence-electron chi connectivity index (χ1n) is 7.25. The molecule has 1 saturated carbocycles. The molecule has 1 aliphatic rings. The van der Waals surface area contributed by atoms with Crippen LogP contribution in [0.2, 0.25) is 0 Å². The van der Waals surface area contributed by atoms with Crippen molar-refractivity contribution < 1.29 is 4.74 Å². The van der Waals surface area contributed by atoms with E-state index in [0.29, 0.717) is 6.04 Å². The molecule has 1 fully saturated rings. The van der Waals surface area contributed by atoms with Gasteiger partial charge in [0, 0.05) is 30.6 Å². The molecule has 2 rings (SSSR count). The zero-order valence-corrected chi connectivity index (χ0v) is 12.5. The molecule has 0 aliphatic heterocycles. The minimum atomic E-state index is -0.219. The Balaban J connectivity index is 2.17. The molecule has 1 atom stereocenters. The number of aryl methyl sites for hydroxylation is 1. The van der Waals surface area contributed by atoms with Crippen LogP contribution in [0, 0.1) is 6.92 Å². The second kappa shape index (κ2) is 5.97. The molecule has 4 heteroatoms. The van der Waals surface area contributed by atoms with Gasteiger partial charge in [-0.25, -0.2) is 9.97 Å². The Bertz CT molecular complexity index is 424. The van der Waals surface area contributed by atoms with Crippen LogP contribution in [0.4, 0.5) is 0 Å². The molecule has 1 aliphatic carbocycles. The first-order valence-corrected chi connectivity index (χ1v) is 7.25. The van der Waals surface area contributed by atoms with Crippen molar-refractivity contribution in [3.8, 4) is 0 Å². The highest BCUT2D eigenvalue weighted by Crippen LogP contribution is 2.42. The number of hydrogen-bond acceptors (Lipinski definition) is 4. The molecule has 1 heterocycles. The lowest BCUT2D eigenvalue weighted by Crippen LogP contribution is -2.38. The molecule has 0 bridgehead atoms. The van der Waals surface area contributed by atoms with Gasteiger partial charge < -0.3 is 10.1 Å². The summed E-state index contributed by atoms with van der Waals surface area (Å²) < 4.78 is 5.64. The molecule has 0 radical (unpaired) electrons. The number of rotatable bonds is 6. The smallest absolute Gasteiger partial charge is 0.160 e. The fourth-order valence-electron chi connectivity index (χ4n) is 2.61. The van der Waals surface area contributed by atoms with E-state index in [1.165, 1.54) is 12.0 Å². The van der Waals surface area contributed by atoms with E-state index in [1.54, 1.807) is 7.11 Å². The van der Waals surface area contributed by atoms with E-state index in [9.17, 15) is 0 Å². The average Bonchev–Trinajstić information content (AvgIpc) is 2.35. The van der Waals surface area contributed by atoms with Gasteiger partial charge in [0.15, 0.2) is 5.82 Å². The first-order chi connectivity index (χ1) is 9.13. The van der Waals surface area contributed by atoms with Gasteiger partial charge in [-0.05, 0) is 46.1 Å². The number of aromatic nitrogens is 2. The van der Waals surface area contributed by atoms with E-state index in [-0.39, 0.29) is 5.60 Å². The van der Waals surface area contributed by atoms with Crippen molar-refractivity contribution in [2.75, 3.05) is 13.7 Å². The van der Waals surface area contributed by atoms with Gasteiger partial charge >= 0.3 is 0 Å². The summed E-state index contributed by atoms with van der Waals surface area (Å²) in [6.45, 7) is 7.42. The van der Waals surface area contributed by atoms with Crippen LogP contribution in [0.3, 0.4) is 0 Å². The quantitative estimate of drug-likeness (QED) is 0.857. The number of nitrogens with one attached hydrogen (secondary N) is 1. The zero-order valence-electron chi connectivity index (χ0n) is 12.5. The van der Waals surface area contributed by atoms with Gasteiger partial charge in [-0.15, -0.1) is 0 Å². The van der Waals surface area contributed by atoms with Gasteiger partial charge in [-0.3, -0.25) is 0 Å². The van der Waals surface area contributed by atoms with E-state index in [0.717, 1.165) is 37.3 Å². The predicted octanol–water partition coefficient (Wildman–Crippen LogP) is 2.87. The monoisotopic (exact) mass is 263 g/mol. The van der Waals surface area contributed by atoms with Crippen LogP contribution in [0.25, 0.3) is 0 Å². The summed E-state index contributed by atoms with van der Waals surface area (Å²) in [7, 11) is 1.76. The number of ether oxygens (including phenoxy) is 1. The SMILES string of the molecule is CCCNC(C)c1cnc(C2(OC)CCC2)nc1C. The molecule has 0 aromatic carbocycles. The van der Waals surface area contributed by atoms with Crippen molar-refractivity contribution in [3.05, 3.63) is 23.3 Å². The van der Waals surface area contributed by atoms with E-state index < -0.39 is 0 Å². The van der Waals surface area contributed by atoms with Crippen molar-refractivity contribution in [1.29, 1.82) is 0 Å². The minimum absolute atomic E-state index is 0.219. The summed E-state index contributed by atoms with van der Waals surface area (Å²) in [5.74, 6) is 0.852. The summed E-state index contributed by atoms with van der Waals surface area (Å²) in [5, 5.41) is 3.48. The van der Waals surface area contributed by atoms with E-state index in [1.807, 2.05) is 6.20 Å². The fourth-order valence-corrected chi connectivity index (χ4v) is 2.61. The fraction of sp³-hybridized carbons (Fsp3) is 0.733. The van der Waals surface area contributed by atoms with Gasteiger partial charge in [0.1, 0.15) is 5.60 Å². The van der Waals surface area contributed by atoms with Gasteiger partial charge in [-0.2, -0.15) is 0 Å². The lowest BCUT2D eigenvalue weighted by Gasteiger charge is -2.39. The third-order valence-corrected chi connectivity index (χ3v) is 4.14. The Morgan fingerprint density at radius 1 is 1.47 bits per heavy atom. The Morgan fingerprint density at radius 2 is 2.21 bits per heavy atom. The van der Waals surface area contributed by atoms with Crippen molar-refractivity contribution in [2.24, 2.45) is 0 Å². The molecule has 1 N–H and O–H groups in total. The predicted molar refractivity (Wildman–Crippen MR) is 76.0 cm³/mol. The molecule has 0 spiro atoms. The maximum atomic E-state index is 5.64. The molecule has 106 valence electrons. The van der Waals surface area contributed by atoms with Crippen molar-refractivity contribution in [1.82, 2.24) is 15.3 Å². The zero-order chi connectivity index (χ0) is 13.9. The second-order valence-electron chi connectivity index (χ2n) is 5.46. The van der Waals surface area contributed by atoms with Gasteiger partial charge in [0.2, 0.25) is 0 Å². The Kier molecular flexibility index (Phi) is 4.53. The number of hydrogen-bond donors (Lipinski definition) is 1.